The molecule has 9 heteroatoms. The van der Waals surface area contributed by atoms with Crippen molar-refractivity contribution in [2.75, 3.05) is 26.1 Å². The predicted molar refractivity (Wildman–Crippen MR) is 130 cm³/mol. The van der Waals surface area contributed by atoms with Gasteiger partial charge in [0.1, 0.15) is 5.75 Å². The van der Waals surface area contributed by atoms with Crippen molar-refractivity contribution in [3.63, 3.8) is 0 Å². The average molecular weight is 480 g/mol. The van der Waals surface area contributed by atoms with Crippen LogP contribution in [0.15, 0.2) is 64.7 Å². The monoisotopic (exact) mass is 479 g/mol. The van der Waals surface area contributed by atoms with Gasteiger partial charge in [-0.1, -0.05) is 6.07 Å². The Hall–Kier alpha value is -3.43. The highest BCUT2D eigenvalue weighted by atomic mass is 32.2. The zero-order valence-corrected chi connectivity index (χ0v) is 20.0. The van der Waals surface area contributed by atoms with Gasteiger partial charge in [0.2, 0.25) is 0 Å². The molecule has 0 N–H and O–H groups in total. The molecule has 3 heterocycles. The lowest BCUT2D eigenvalue weighted by Gasteiger charge is -2.26. The van der Waals surface area contributed by atoms with Crippen molar-refractivity contribution in [3.8, 4) is 28.0 Å². The molecule has 0 saturated carbocycles. The normalized spacial score (nSPS) is 14.3. The molecule has 4 aromatic rings. The van der Waals surface area contributed by atoms with Crippen molar-refractivity contribution in [1.29, 1.82) is 0 Å². The largest absolute Gasteiger partial charge is 0.492 e. The Morgan fingerprint density at radius 3 is 2.47 bits per heavy atom. The fraction of sp³-hybridized carbons (Fsp3) is 0.280. The molecular formula is C25H25N3O5S. The topological polar surface area (TPSA) is 92.4 Å². The van der Waals surface area contributed by atoms with Crippen molar-refractivity contribution < 1.29 is 17.9 Å². The highest BCUT2D eigenvalue weighted by Gasteiger charge is 2.22. The molecule has 1 aliphatic heterocycles. The van der Waals surface area contributed by atoms with Crippen molar-refractivity contribution in [1.82, 2.24) is 14.3 Å². The van der Waals surface area contributed by atoms with Gasteiger partial charge in [-0.3, -0.25) is 9.48 Å². The minimum absolute atomic E-state index is 0.134. The van der Waals surface area contributed by atoms with Crippen LogP contribution in [0.5, 0.6) is 5.75 Å². The fourth-order valence-electron chi connectivity index (χ4n) is 4.09. The maximum absolute atomic E-state index is 12.9. The molecule has 1 saturated heterocycles. The number of pyridine rings is 1. The van der Waals surface area contributed by atoms with Gasteiger partial charge in [-0.25, -0.2) is 8.42 Å². The van der Waals surface area contributed by atoms with Crippen molar-refractivity contribution in [2.45, 2.75) is 4.90 Å². The number of benzene rings is 2. The van der Waals surface area contributed by atoms with Gasteiger partial charge in [0.25, 0.3) is 5.56 Å². The molecule has 0 bridgehead atoms. The molecule has 34 heavy (non-hydrogen) atoms. The molecule has 0 radical (unpaired) electrons. The molecule has 176 valence electrons. The number of nitrogens with zero attached hydrogens (tertiary/aromatic N) is 3. The van der Waals surface area contributed by atoms with Gasteiger partial charge < -0.3 is 14.0 Å². The van der Waals surface area contributed by atoms with Crippen molar-refractivity contribution >= 4 is 20.6 Å². The maximum Gasteiger partial charge on any atom is 0.258 e. The minimum atomic E-state index is -3.45. The summed E-state index contributed by atoms with van der Waals surface area (Å²) in [5, 5.41) is 5.50. The summed E-state index contributed by atoms with van der Waals surface area (Å²) in [4.78, 5) is 13.1. The number of hydrogen-bond donors (Lipinski definition) is 0. The molecule has 0 unspecified atom stereocenters. The van der Waals surface area contributed by atoms with E-state index in [0.29, 0.717) is 53.4 Å². The molecule has 0 spiro atoms. The Morgan fingerprint density at radius 1 is 1.03 bits per heavy atom. The quantitative estimate of drug-likeness (QED) is 0.422. The number of hydrogen-bond acceptors (Lipinski definition) is 6. The summed E-state index contributed by atoms with van der Waals surface area (Å²) in [6.07, 6.45) is 6.58. The van der Waals surface area contributed by atoms with Gasteiger partial charge in [0.05, 0.1) is 30.9 Å². The molecule has 0 atom stereocenters. The number of fused-ring (bicyclic) bond motifs is 1. The summed E-state index contributed by atoms with van der Waals surface area (Å²) in [6.45, 7) is 1.76. The molecule has 1 aliphatic rings. The van der Waals surface area contributed by atoms with E-state index in [-0.39, 0.29) is 10.5 Å². The van der Waals surface area contributed by atoms with E-state index in [1.807, 2.05) is 25.4 Å². The van der Waals surface area contributed by atoms with Crippen LogP contribution in [0.1, 0.15) is 0 Å². The molecule has 1 fully saturated rings. The number of rotatable bonds is 6. The Labute approximate surface area is 197 Å². The molecular weight excluding hydrogens is 454 g/mol. The maximum atomic E-state index is 12.9. The van der Waals surface area contributed by atoms with Crippen LogP contribution < -0.4 is 10.3 Å². The van der Waals surface area contributed by atoms with E-state index in [1.54, 1.807) is 48.4 Å². The first-order valence-corrected chi connectivity index (χ1v) is 12.8. The van der Waals surface area contributed by atoms with Crippen LogP contribution in [0.3, 0.4) is 0 Å². The summed E-state index contributed by atoms with van der Waals surface area (Å²) < 4.78 is 39.3. The van der Waals surface area contributed by atoms with Crippen LogP contribution in [0.2, 0.25) is 0 Å². The van der Waals surface area contributed by atoms with E-state index in [0.717, 1.165) is 11.1 Å². The highest BCUT2D eigenvalue weighted by Crippen LogP contribution is 2.37. The SMILES string of the molecule is Cn1cc(-c2ccc3c(=O)n(C)cc(-c4cc(S(C)(=O)=O)ccc4OCC4COC4)c3c2)cn1. The first-order valence-electron chi connectivity index (χ1n) is 10.9. The van der Waals surface area contributed by atoms with Crippen LogP contribution >= 0.6 is 0 Å². The lowest BCUT2D eigenvalue weighted by molar-refractivity contribution is -0.0507. The average Bonchev–Trinajstić information content (AvgIpc) is 3.20. The molecule has 5 rings (SSSR count). The number of aryl methyl sites for hydroxylation is 2. The molecule has 0 aliphatic carbocycles. The van der Waals surface area contributed by atoms with Gasteiger partial charge in [-0.2, -0.15) is 5.10 Å². The third-order valence-corrected chi connectivity index (χ3v) is 7.18. The van der Waals surface area contributed by atoms with Crippen LogP contribution in [0.4, 0.5) is 0 Å². The van der Waals surface area contributed by atoms with Crippen LogP contribution in [0.25, 0.3) is 33.0 Å². The van der Waals surface area contributed by atoms with E-state index in [2.05, 4.69) is 5.10 Å². The minimum Gasteiger partial charge on any atom is -0.492 e. The van der Waals surface area contributed by atoms with Crippen LogP contribution in [-0.4, -0.2) is 48.8 Å². The molecule has 2 aromatic carbocycles. The number of sulfone groups is 1. The molecule has 2 aromatic heterocycles. The van der Waals surface area contributed by atoms with E-state index < -0.39 is 9.84 Å². The fourth-order valence-corrected chi connectivity index (χ4v) is 4.74. The smallest absolute Gasteiger partial charge is 0.258 e. The Kier molecular flexibility index (Phi) is 5.53. The second kappa shape index (κ2) is 8.41. The van der Waals surface area contributed by atoms with E-state index in [4.69, 9.17) is 9.47 Å². The van der Waals surface area contributed by atoms with E-state index in [9.17, 15) is 13.2 Å². The van der Waals surface area contributed by atoms with Gasteiger partial charge in [0, 0.05) is 60.7 Å². The zero-order valence-electron chi connectivity index (χ0n) is 19.2. The predicted octanol–water partition coefficient (Wildman–Crippen LogP) is 3.03. The molecule has 8 nitrogen and oxygen atoms in total. The third-order valence-electron chi connectivity index (χ3n) is 6.07. The van der Waals surface area contributed by atoms with Gasteiger partial charge in [-0.05, 0) is 41.3 Å². The summed E-state index contributed by atoms with van der Waals surface area (Å²) in [7, 11) is 0.0839. The van der Waals surface area contributed by atoms with Crippen molar-refractivity contribution in [3.05, 3.63) is 65.3 Å². The van der Waals surface area contributed by atoms with Crippen LogP contribution in [-0.2, 0) is 28.7 Å². The second-order valence-electron chi connectivity index (χ2n) is 8.77. The number of aromatic nitrogens is 3. The Bertz CT molecular complexity index is 1570. The number of ether oxygens (including phenoxy) is 2. The summed E-state index contributed by atoms with van der Waals surface area (Å²) in [6, 6.07) is 10.5. The first-order chi connectivity index (χ1) is 16.2. The highest BCUT2D eigenvalue weighted by molar-refractivity contribution is 7.90. The zero-order chi connectivity index (χ0) is 24.0. The van der Waals surface area contributed by atoms with Gasteiger partial charge >= 0.3 is 0 Å². The van der Waals surface area contributed by atoms with Gasteiger partial charge in [0.15, 0.2) is 9.84 Å². The van der Waals surface area contributed by atoms with E-state index in [1.165, 1.54) is 10.8 Å². The summed E-state index contributed by atoms with van der Waals surface area (Å²) in [5.74, 6) is 0.863. The third kappa shape index (κ3) is 4.12. The first kappa shape index (κ1) is 22.4. The Morgan fingerprint density at radius 2 is 1.82 bits per heavy atom. The standard InChI is InChI=1S/C25H25N3O5S/c1-27-12-23(21-8-17(4-6-20(21)25(27)29)18-10-26-28(2)11-18)22-9-19(34(3,30)31)5-7-24(22)33-15-16-13-32-14-16/h4-12,16H,13-15H2,1-3H3. The summed E-state index contributed by atoms with van der Waals surface area (Å²) >= 11 is 0. The lowest BCUT2D eigenvalue weighted by atomic mass is 9.96. The van der Waals surface area contributed by atoms with Crippen molar-refractivity contribution in [2.24, 2.45) is 20.0 Å². The Balaban J connectivity index is 1.74. The lowest BCUT2D eigenvalue weighted by Crippen LogP contribution is -2.32. The second-order valence-corrected chi connectivity index (χ2v) is 10.8. The molecule has 0 amide bonds. The summed E-state index contributed by atoms with van der Waals surface area (Å²) in [5.41, 5.74) is 3.02. The van der Waals surface area contributed by atoms with E-state index >= 15 is 0 Å². The van der Waals surface area contributed by atoms with Gasteiger partial charge in [-0.15, -0.1) is 0 Å². The van der Waals surface area contributed by atoms with Crippen LogP contribution in [0, 0.1) is 5.92 Å².